The fourth-order valence-electron chi connectivity index (χ4n) is 3.41. The third-order valence-corrected chi connectivity index (χ3v) is 5.79. The first-order chi connectivity index (χ1) is 13.3. The topological polar surface area (TPSA) is 77.7 Å². The van der Waals surface area contributed by atoms with Crippen LogP contribution in [0.3, 0.4) is 0 Å². The van der Waals surface area contributed by atoms with Crippen molar-refractivity contribution in [1.82, 2.24) is 15.0 Å². The number of benzene rings is 1. The van der Waals surface area contributed by atoms with Crippen molar-refractivity contribution in [1.29, 1.82) is 0 Å². The van der Waals surface area contributed by atoms with Crippen LogP contribution in [0.25, 0.3) is 11.5 Å². The van der Waals surface area contributed by atoms with Gasteiger partial charge in [-0.2, -0.15) is 4.98 Å². The monoisotopic (exact) mass is 383 g/mol. The number of likely N-dealkylation sites (tertiary alicyclic amines) is 1. The second kappa shape index (κ2) is 6.70. The summed E-state index contributed by atoms with van der Waals surface area (Å²) in [5, 5.41) is 6.17. The Hall–Kier alpha value is -2.87. The first-order valence-electron chi connectivity index (χ1n) is 8.80. The summed E-state index contributed by atoms with van der Waals surface area (Å²) in [7, 11) is 0. The zero-order valence-electron chi connectivity index (χ0n) is 14.5. The number of aromatic nitrogens is 2. The molecule has 0 bridgehead atoms. The molecule has 1 fully saturated rings. The van der Waals surface area contributed by atoms with Gasteiger partial charge >= 0.3 is 0 Å². The minimum atomic E-state index is -0.0349. The fourth-order valence-corrected chi connectivity index (χ4v) is 4.11. The van der Waals surface area contributed by atoms with E-state index < -0.39 is 0 Å². The highest BCUT2D eigenvalue weighted by Crippen LogP contribution is 2.36. The lowest BCUT2D eigenvalue weighted by Crippen LogP contribution is -2.27. The third kappa shape index (κ3) is 3.16. The summed E-state index contributed by atoms with van der Waals surface area (Å²) < 4.78 is 16.1. The summed E-state index contributed by atoms with van der Waals surface area (Å²) in [6.45, 7) is 1.58. The Labute approximate surface area is 159 Å². The van der Waals surface area contributed by atoms with Gasteiger partial charge in [0.2, 0.25) is 12.7 Å². The van der Waals surface area contributed by atoms with Gasteiger partial charge in [0.1, 0.15) is 0 Å². The summed E-state index contributed by atoms with van der Waals surface area (Å²) in [5.74, 6) is 2.49. The molecule has 1 saturated heterocycles. The van der Waals surface area contributed by atoms with Gasteiger partial charge in [0.15, 0.2) is 17.3 Å². The van der Waals surface area contributed by atoms with Crippen LogP contribution in [-0.4, -0.2) is 40.8 Å². The van der Waals surface area contributed by atoms with Gasteiger partial charge in [-0.05, 0) is 36.1 Å². The smallest absolute Gasteiger partial charge is 0.258 e. The standard InChI is InChI=1S/C19H17N3O4S/c23-17-9-13(10-22(17)6-5-14-2-1-7-27-14)18-20-19(26-21-18)12-3-4-15-16(8-12)25-11-24-15/h1-4,7-8,13H,5-6,9-11H2. The fraction of sp³-hybridized carbons (Fsp3) is 0.316. The maximum absolute atomic E-state index is 12.3. The molecule has 0 N–H and O–H groups in total. The second-order valence-corrected chi connectivity index (χ2v) is 7.63. The van der Waals surface area contributed by atoms with Crippen molar-refractivity contribution in [2.45, 2.75) is 18.8 Å². The molecule has 0 spiro atoms. The molecule has 4 heterocycles. The number of amides is 1. The van der Waals surface area contributed by atoms with Crippen LogP contribution >= 0.6 is 11.3 Å². The lowest BCUT2D eigenvalue weighted by Gasteiger charge is -2.15. The molecule has 2 aliphatic rings. The molecular formula is C19H17N3O4S. The van der Waals surface area contributed by atoms with Crippen LogP contribution < -0.4 is 9.47 Å². The third-order valence-electron chi connectivity index (χ3n) is 4.85. The number of hydrogen-bond donors (Lipinski definition) is 0. The van der Waals surface area contributed by atoms with Crippen LogP contribution in [0.4, 0.5) is 0 Å². The van der Waals surface area contributed by atoms with Crippen LogP contribution in [0.15, 0.2) is 40.2 Å². The predicted octanol–water partition coefficient (Wildman–Crippen LogP) is 3.09. The summed E-state index contributed by atoms with van der Waals surface area (Å²) in [5.41, 5.74) is 0.775. The van der Waals surface area contributed by atoms with Crippen molar-refractivity contribution in [2.75, 3.05) is 19.9 Å². The molecule has 2 aliphatic heterocycles. The number of hydrogen-bond acceptors (Lipinski definition) is 7. The summed E-state index contributed by atoms with van der Waals surface area (Å²) in [6, 6.07) is 9.64. The van der Waals surface area contributed by atoms with E-state index in [-0.39, 0.29) is 18.6 Å². The van der Waals surface area contributed by atoms with Gasteiger partial charge in [0.25, 0.3) is 5.89 Å². The molecule has 7 nitrogen and oxygen atoms in total. The normalized spacial score (nSPS) is 18.4. The maximum Gasteiger partial charge on any atom is 0.258 e. The van der Waals surface area contributed by atoms with Gasteiger partial charge in [0, 0.05) is 35.9 Å². The predicted molar refractivity (Wildman–Crippen MR) is 97.8 cm³/mol. The molecule has 138 valence electrons. The minimum absolute atomic E-state index is 0.0349. The van der Waals surface area contributed by atoms with E-state index in [2.05, 4.69) is 21.6 Å². The van der Waals surface area contributed by atoms with Gasteiger partial charge in [-0.3, -0.25) is 4.79 Å². The van der Waals surface area contributed by atoms with Gasteiger partial charge in [-0.1, -0.05) is 11.2 Å². The number of carbonyl (C=O) groups excluding carboxylic acids is 1. The van der Waals surface area contributed by atoms with Crippen molar-refractivity contribution in [3.63, 3.8) is 0 Å². The molecule has 1 amide bonds. The quantitative estimate of drug-likeness (QED) is 0.674. The number of nitrogens with zero attached hydrogens (tertiary/aromatic N) is 3. The Balaban J connectivity index is 1.28. The number of ether oxygens (including phenoxy) is 2. The van der Waals surface area contributed by atoms with Crippen LogP contribution in [0.1, 0.15) is 23.0 Å². The highest BCUT2D eigenvalue weighted by Gasteiger charge is 2.33. The van der Waals surface area contributed by atoms with Crippen molar-refractivity contribution in [3.05, 3.63) is 46.4 Å². The van der Waals surface area contributed by atoms with E-state index in [1.54, 1.807) is 11.3 Å². The highest BCUT2D eigenvalue weighted by molar-refractivity contribution is 7.09. The average molecular weight is 383 g/mol. The zero-order chi connectivity index (χ0) is 18.2. The van der Waals surface area contributed by atoms with Crippen molar-refractivity contribution in [3.8, 4) is 23.0 Å². The molecule has 0 saturated carbocycles. The Morgan fingerprint density at radius 1 is 1.22 bits per heavy atom. The van der Waals surface area contributed by atoms with E-state index in [4.69, 9.17) is 14.0 Å². The van der Waals surface area contributed by atoms with Crippen molar-refractivity contribution >= 4 is 17.2 Å². The molecule has 0 radical (unpaired) electrons. The number of thiophene rings is 1. The van der Waals surface area contributed by atoms with E-state index >= 15 is 0 Å². The zero-order valence-corrected chi connectivity index (χ0v) is 15.3. The second-order valence-electron chi connectivity index (χ2n) is 6.60. The average Bonchev–Trinajstić information content (AvgIpc) is 3.45. The Morgan fingerprint density at radius 2 is 2.15 bits per heavy atom. The van der Waals surface area contributed by atoms with Crippen LogP contribution in [0.5, 0.6) is 11.5 Å². The van der Waals surface area contributed by atoms with E-state index in [9.17, 15) is 4.79 Å². The van der Waals surface area contributed by atoms with Crippen LogP contribution in [0, 0.1) is 0 Å². The molecular weight excluding hydrogens is 366 g/mol. The van der Waals surface area contributed by atoms with Crippen LogP contribution in [0.2, 0.25) is 0 Å². The van der Waals surface area contributed by atoms with E-state index in [0.29, 0.717) is 36.2 Å². The van der Waals surface area contributed by atoms with Gasteiger partial charge in [0.05, 0.1) is 0 Å². The number of carbonyl (C=O) groups is 1. The van der Waals surface area contributed by atoms with Crippen molar-refractivity contribution in [2.24, 2.45) is 0 Å². The van der Waals surface area contributed by atoms with Crippen molar-refractivity contribution < 1.29 is 18.8 Å². The summed E-state index contributed by atoms with van der Waals surface area (Å²) in [4.78, 5) is 20.0. The lowest BCUT2D eigenvalue weighted by molar-refractivity contribution is -0.127. The summed E-state index contributed by atoms with van der Waals surface area (Å²) >= 11 is 1.72. The molecule has 1 aromatic carbocycles. The maximum atomic E-state index is 12.3. The molecule has 5 rings (SSSR count). The Kier molecular flexibility index (Phi) is 4.05. The first-order valence-corrected chi connectivity index (χ1v) is 9.68. The van der Waals surface area contributed by atoms with E-state index in [1.165, 1.54) is 4.88 Å². The van der Waals surface area contributed by atoms with Gasteiger partial charge < -0.3 is 18.9 Å². The molecule has 1 atom stereocenters. The van der Waals surface area contributed by atoms with Gasteiger partial charge in [-0.25, -0.2) is 0 Å². The lowest BCUT2D eigenvalue weighted by atomic mass is 10.1. The van der Waals surface area contributed by atoms with E-state index in [0.717, 1.165) is 18.5 Å². The molecule has 0 aliphatic carbocycles. The molecule has 3 aromatic rings. The molecule has 2 aromatic heterocycles. The van der Waals surface area contributed by atoms with Crippen LogP contribution in [-0.2, 0) is 11.2 Å². The first kappa shape index (κ1) is 16.3. The minimum Gasteiger partial charge on any atom is -0.454 e. The molecule has 27 heavy (non-hydrogen) atoms. The van der Waals surface area contributed by atoms with Gasteiger partial charge in [-0.15, -0.1) is 11.3 Å². The SMILES string of the molecule is O=C1CC(c2noc(-c3ccc4c(c3)OCO4)n2)CN1CCc1cccs1. The molecule has 8 heteroatoms. The number of fused-ring (bicyclic) bond motifs is 1. The summed E-state index contributed by atoms with van der Waals surface area (Å²) in [6.07, 6.45) is 1.30. The van der Waals surface area contributed by atoms with E-state index in [1.807, 2.05) is 29.2 Å². The Morgan fingerprint density at radius 3 is 3.04 bits per heavy atom. The largest absolute Gasteiger partial charge is 0.454 e. The molecule has 1 unspecified atom stereocenters. The number of rotatable bonds is 5. The Bertz CT molecular complexity index is 969. The highest BCUT2D eigenvalue weighted by atomic mass is 32.1.